The normalized spacial score (nSPS) is 11.3. The van der Waals surface area contributed by atoms with E-state index in [1.807, 2.05) is 0 Å². The summed E-state index contributed by atoms with van der Waals surface area (Å²) in [5, 5.41) is 11.5. The standard InChI is InChI=1S/C14H11N5O3/c1-18-8-9(7-15-22)16-11-12(18)17-14(21)19(13(11)20)10-5-3-2-4-6-10/h2-8,22H,1H3/b15-7+. The summed E-state index contributed by atoms with van der Waals surface area (Å²) in [6.45, 7) is 0. The number of hydrogen-bond acceptors (Lipinski definition) is 6. The van der Waals surface area contributed by atoms with Crippen LogP contribution in [0.4, 0.5) is 0 Å². The molecule has 1 aromatic rings. The van der Waals surface area contributed by atoms with E-state index in [1.165, 1.54) is 10.8 Å². The maximum atomic E-state index is 12.6. The lowest BCUT2D eigenvalue weighted by Gasteiger charge is -2.12. The zero-order valence-electron chi connectivity index (χ0n) is 11.5. The number of fused-ring (bicyclic) bond motifs is 1. The minimum Gasteiger partial charge on any atom is -0.411 e. The molecule has 1 aromatic carbocycles. The summed E-state index contributed by atoms with van der Waals surface area (Å²) in [5.74, 6) is 0.164. The van der Waals surface area contributed by atoms with Gasteiger partial charge in [0.25, 0.3) is 5.56 Å². The molecular weight excluding hydrogens is 286 g/mol. The Bertz CT molecular complexity index is 943. The van der Waals surface area contributed by atoms with Crippen LogP contribution in [-0.2, 0) is 7.05 Å². The van der Waals surface area contributed by atoms with Gasteiger partial charge in [-0.2, -0.15) is 4.98 Å². The monoisotopic (exact) mass is 297 g/mol. The Balaban J connectivity index is 2.40. The summed E-state index contributed by atoms with van der Waals surface area (Å²) in [6.07, 6.45) is 2.59. The minimum atomic E-state index is -0.676. The highest BCUT2D eigenvalue weighted by molar-refractivity contribution is 5.77. The van der Waals surface area contributed by atoms with E-state index in [1.54, 1.807) is 37.4 Å². The zero-order chi connectivity index (χ0) is 15.7. The molecule has 0 atom stereocenters. The molecular formula is C14H11N5O3. The predicted molar refractivity (Wildman–Crippen MR) is 78.9 cm³/mol. The minimum absolute atomic E-state index is 0.0170. The maximum Gasteiger partial charge on any atom is 0.357 e. The lowest BCUT2D eigenvalue weighted by Crippen LogP contribution is -2.37. The van der Waals surface area contributed by atoms with Gasteiger partial charge in [-0.25, -0.2) is 14.3 Å². The van der Waals surface area contributed by atoms with Gasteiger partial charge in [0, 0.05) is 13.2 Å². The first-order valence-corrected chi connectivity index (χ1v) is 6.35. The highest BCUT2D eigenvalue weighted by Crippen LogP contribution is 2.11. The van der Waals surface area contributed by atoms with Crippen LogP contribution in [0.2, 0.25) is 0 Å². The fourth-order valence-electron chi connectivity index (χ4n) is 2.17. The summed E-state index contributed by atoms with van der Waals surface area (Å²) in [6, 6.07) is 8.48. The molecule has 22 heavy (non-hydrogen) atoms. The van der Waals surface area contributed by atoms with Gasteiger partial charge in [0.15, 0.2) is 11.5 Å². The third-order valence-electron chi connectivity index (χ3n) is 3.12. The Morgan fingerprint density at radius 2 is 1.91 bits per heavy atom. The molecule has 2 aliphatic heterocycles. The molecule has 110 valence electrons. The van der Waals surface area contributed by atoms with Gasteiger partial charge in [0.2, 0.25) is 0 Å². The van der Waals surface area contributed by atoms with Crippen LogP contribution in [0.3, 0.4) is 0 Å². The zero-order valence-corrected chi connectivity index (χ0v) is 11.5. The van der Waals surface area contributed by atoms with Crippen molar-refractivity contribution in [2.24, 2.45) is 12.2 Å². The second-order valence-electron chi connectivity index (χ2n) is 4.56. The van der Waals surface area contributed by atoms with Crippen LogP contribution < -0.4 is 11.2 Å². The van der Waals surface area contributed by atoms with E-state index < -0.39 is 11.2 Å². The van der Waals surface area contributed by atoms with Crippen molar-refractivity contribution < 1.29 is 5.21 Å². The van der Waals surface area contributed by atoms with Crippen LogP contribution in [0, 0.1) is 0 Å². The number of rotatable bonds is 2. The van der Waals surface area contributed by atoms with Crippen molar-refractivity contribution >= 4 is 6.21 Å². The van der Waals surface area contributed by atoms with Gasteiger partial charge in [-0.1, -0.05) is 23.4 Å². The number of para-hydroxylation sites is 1. The SMILES string of the molecule is Cn1cc(/C=N/O)nc2c(=O)n(-c3ccccc3)c(=O)nc1-2. The van der Waals surface area contributed by atoms with E-state index in [0.29, 0.717) is 5.69 Å². The van der Waals surface area contributed by atoms with E-state index >= 15 is 0 Å². The molecule has 0 aliphatic carbocycles. The van der Waals surface area contributed by atoms with Crippen LogP contribution in [0.25, 0.3) is 17.2 Å². The predicted octanol–water partition coefficient (Wildman–Crippen LogP) is 0.239. The molecule has 0 fully saturated rings. The Morgan fingerprint density at radius 3 is 2.59 bits per heavy atom. The van der Waals surface area contributed by atoms with Crippen molar-refractivity contribution in [3.8, 4) is 17.2 Å². The highest BCUT2D eigenvalue weighted by atomic mass is 16.4. The molecule has 0 radical (unpaired) electrons. The van der Waals surface area contributed by atoms with Crippen LogP contribution in [0.5, 0.6) is 0 Å². The molecule has 2 heterocycles. The average Bonchev–Trinajstić information content (AvgIpc) is 2.50. The molecule has 0 spiro atoms. The third-order valence-corrected chi connectivity index (χ3v) is 3.12. The number of nitrogens with zero attached hydrogens (tertiary/aromatic N) is 5. The summed E-state index contributed by atoms with van der Waals surface area (Å²) in [4.78, 5) is 32.8. The Morgan fingerprint density at radius 1 is 1.18 bits per heavy atom. The van der Waals surface area contributed by atoms with Crippen LogP contribution >= 0.6 is 0 Å². The summed E-state index contributed by atoms with van der Waals surface area (Å²) in [7, 11) is 1.62. The Hall–Kier alpha value is -3.29. The van der Waals surface area contributed by atoms with Crippen LogP contribution in [0.1, 0.15) is 5.69 Å². The van der Waals surface area contributed by atoms with Crippen molar-refractivity contribution in [2.75, 3.05) is 0 Å². The average molecular weight is 297 g/mol. The fourth-order valence-corrected chi connectivity index (χ4v) is 2.17. The van der Waals surface area contributed by atoms with E-state index in [4.69, 9.17) is 5.21 Å². The van der Waals surface area contributed by atoms with Gasteiger partial charge < -0.3 is 9.77 Å². The molecule has 1 N–H and O–H groups in total. The van der Waals surface area contributed by atoms with Crippen molar-refractivity contribution in [2.45, 2.75) is 0 Å². The van der Waals surface area contributed by atoms with E-state index in [9.17, 15) is 9.59 Å². The van der Waals surface area contributed by atoms with Crippen molar-refractivity contribution in [1.82, 2.24) is 19.1 Å². The lowest BCUT2D eigenvalue weighted by atomic mass is 10.3. The summed E-state index contributed by atoms with van der Waals surface area (Å²) >= 11 is 0. The molecule has 0 saturated heterocycles. The Kier molecular flexibility index (Phi) is 3.26. The number of benzene rings is 1. The highest BCUT2D eigenvalue weighted by Gasteiger charge is 2.19. The van der Waals surface area contributed by atoms with E-state index in [0.717, 1.165) is 10.8 Å². The molecule has 0 amide bonds. The number of aromatic nitrogens is 4. The first-order chi connectivity index (χ1) is 10.6. The third kappa shape index (κ3) is 2.16. The molecule has 8 heteroatoms. The van der Waals surface area contributed by atoms with Gasteiger partial charge in [0.1, 0.15) is 5.69 Å². The largest absolute Gasteiger partial charge is 0.411 e. The van der Waals surface area contributed by atoms with Crippen molar-refractivity contribution in [1.29, 1.82) is 0 Å². The van der Waals surface area contributed by atoms with Gasteiger partial charge >= 0.3 is 5.69 Å². The van der Waals surface area contributed by atoms with Gasteiger partial charge in [-0.15, -0.1) is 0 Å². The molecule has 0 saturated carbocycles. The summed E-state index contributed by atoms with van der Waals surface area (Å²) < 4.78 is 2.44. The van der Waals surface area contributed by atoms with Crippen molar-refractivity contribution in [3.05, 3.63) is 63.1 Å². The van der Waals surface area contributed by atoms with Gasteiger partial charge in [0.05, 0.1) is 11.9 Å². The quantitative estimate of drug-likeness (QED) is 0.414. The summed E-state index contributed by atoms with van der Waals surface area (Å²) in [5.41, 5.74) is -0.551. The van der Waals surface area contributed by atoms with E-state index in [-0.39, 0.29) is 17.2 Å². The number of aryl methyl sites for hydroxylation is 1. The molecule has 8 nitrogen and oxygen atoms in total. The van der Waals surface area contributed by atoms with Gasteiger partial charge in [-0.3, -0.25) is 4.79 Å². The second-order valence-corrected chi connectivity index (χ2v) is 4.56. The lowest BCUT2D eigenvalue weighted by molar-refractivity contribution is 0.321. The second kappa shape index (κ2) is 5.24. The molecule has 0 aromatic heterocycles. The van der Waals surface area contributed by atoms with Crippen LogP contribution in [0.15, 0.2) is 51.3 Å². The number of oxime groups is 1. The first kappa shape index (κ1) is 13.7. The Labute approximate surface area is 124 Å². The fraction of sp³-hybridized carbons (Fsp3) is 0.0714. The van der Waals surface area contributed by atoms with E-state index in [2.05, 4.69) is 15.1 Å². The maximum absolute atomic E-state index is 12.6. The first-order valence-electron chi connectivity index (χ1n) is 6.35. The van der Waals surface area contributed by atoms with Gasteiger partial charge in [-0.05, 0) is 12.1 Å². The van der Waals surface area contributed by atoms with Crippen LogP contribution in [-0.4, -0.2) is 30.5 Å². The number of hydrogen-bond donors (Lipinski definition) is 1. The topological polar surface area (TPSA) is 102 Å². The molecule has 0 unspecified atom stereocenters. The van der Waals surface area contributed by atoms with Crippen molar-refractivity contribution in [3.63, 3.8) is 0 Å². The molecule has 3 rings (SSSR count). The molecule has 0 bridgehead atoms. The smallest absolute Gasteiger partial charge is 0.357 e. The molecule has 2 aliphatic rings.